The Bertz CT molecular complexity index is 1400. The van der Waals surface area contributed by atoms with Gasteiger partial charge in [0.2, 0.25) is 0 Å². The van der Waals surface area contributed by atoms with E-state index >= 15 is 0 Å². The van der Waals surface area contributed by atoms with E-state index in [2.05, 4.69) is 34.2 Å². The van der Waals surface area contributed by atoms with Crippen molar-refractivity contribution in [2.45, 2.75) is 27.4 Å². The molecule has 0 radical (unpaired) electrons. The second-order valence-corrected chi connectivity index (χ2v) is 9.55. The van der Waals surface area contributed by atoms with Gasteiger partial charge in [0.05, 0.1) is 10.7 Å². The molecule has 0 unspecified atom stereocenters. The fourth-order valence-corrected chi connectivity index (χ4v) is 4.10. The third-order valence-electron chi connectivity index (χ3n) is 5.73. The molecule has 1 saturated heterocycles. The van der Waals surface area contributed by atoms with Gasteiger partial charge < -0.3 is 4.74 Å². The average Bonchev–Trinajstić information content (AvgIpc) is 2.80. The van der Waals surface area contributed by atoms with Gasteiger partial charge in [0.1, 0.15) is 17.9 Å². The van der Waals surface area contributed by atoms with E-state index in [0.717, 1.165) is 20.5 Å². The van der Waals surface area contributed by atoms with Gasteiger partial charge in [-0.2, -0.15) is 0 Å². The normalized spacial score (nSPS) is 14.9. The Morgan fingerprint density at radius 2 is 1.71 bits per heavy atom. The molecular formula is C27H22BrClN2O4. The highest BCUT2D eigenvalue weighted by Gasteiger charge is 2.36. The van der Waals surface area contributed by atoms with Crippen LogP contribution in [0.2, 0.25) is 5.02 Å². The van der Waals surface area contributed by atoms with Crippen LogP contribution in [-0.4, -0.2) is 17.8 Å². The Kier molecular flexibility index (Phi) is 7.10. The molecule has 1 N–H and O–H groups in total. The first kappa shape index (κ1) is 24.7. The van der Waals surface area contributed by atoms with Gasteiger partial charge in [0.15, 0.2) is 0 Å². The molecule has 3 aromatic carbocycles. The van der Waals surface area contributed by atoms with E-state index in [9.17, 15) is 14.4 Å². The maximum Gasteiger partial charge on any atom is 0.335 e. The lowest BCUT2D eigenvalue weighted by molar-refractivity contribution is -0.122. The van der Waals surface area contributed by atoms with Crippen molar-refractivity contribution >= 4 is 57.1 Å². The Morgan fingerprint density at radius 1 is 0.943 bits per heavy atom. The van der Waals surface area contributed by atoms with Gasteiger partial charge in [-0.25, -0.2) is 9.69 Å². The number of benzene rings is 3. The average molecular weight is 554 g/mol. The summed E-state index contributed by atoms with van der Waals surface area (Å²) >= 11 is 9.81. The maximum atomic E-state index is 13.1. The van der Waals surface area contributed by atoms with Gasteiger partial charge in [0.25, 0.3) is 11.8 Å². The number of hydrogen-bond donors (Lipinski definition) is 1. The number of ether oxygens (including phenoxy) is 1. The molecular weight excluding hydrogens is 532 g/mol. The van der Waals surface area contributed by atoms with Gasteiger partial charge >= 0.3 is 6.03 Å². The largest absolute Gasteiger partial charge is 0.487 e. The van der Waals surface area contributed by atoms with Crippen molar-refractivity contribution in [2.75, 3.05) is 4.90 Å². The van der Waals surface area contributed by atoms with Crippen LogP contribution in [0.1, 0.15) is 27.8 Å². The molecule has 0 aliphatic carbocycles. The van der Waals surface area contributed by atoms with Crippen LogP contribution in [0.4, 0.5) is 10.5 Å². The minimum Gasteiger partial charge on any atom is -0.487 e. The van der Waals surface area contributed by atoms with Crippen LogP contribution in [0.3, 0.4) is 0 Å². The van der Waals surface area contributed by atoms with Crippen molar-refractivity contribution in [3.8, 4) is 5.75 Å². The van der Waals surface area contributed by atoms with Crippen molar-refractivity contribution < 1.29 is 19.1 Å². The minimum atomic E-state index is -0.799. The summed E-state index contributed by atoms with van der Waals surface area (Å²) in [6, 6.07) is 15.3. The standard InChI is InChI=1S/C27H22BrClN2O4/c1-15-4-5-19(10-16(15)2)14-35-24-9-6-18(13-23(24)29)12-21-25(32)30-27(34)31(26(21)33)20-7-8-22(28)17(3)11-20/h4-13H,14H2,1-3H3,(H,30,32,34)/b21-12-. The molecule has 1 heterocycles. The quantitative estimate of drug-likeness (QED) is 0.298. The van der Waals surface area contributed by atoms with Crippen LogP contribution in [-0.2, 0) is 16.2 Å². The van der Waals surface area contributed by atoms with Crippen molar-refractivity contribution in [2.24, 2.45) is 0 Å². The number of carbonyl (C=O) groups excluding carboxylic acids is 3. The summed E-state index contributed by atoms with van der Waals surface area (Å²) in [5.74, 6) is -1.00. The number of halogens is 2. The smallest absolute Gasteiger partial charge is 0.335 e. The van der Waals surface area contributed by atoms with Crippen molar-refractivity contribution in [3.05, 3.63) is 97.5 Å². The Morgan fingerprint density at radius 3 is 2.40 bits per heavy atom. The molecule has 3 aromatic rings. The number of hydrogen-bond acceptors (Lipinski definition) is 4. The van der Waals surface area contributed by atoms with E-state index in [0.29, 0.717) is 28.6 Å². The highest BCUT2D eigenvalue weighted by Crippen LogP contribution is 2.29. The molecule has 0 aromatic heterocycles. The molecule has 4 amide bonds. The Balaban J connectivity index is 1.56. The molecule has 0 bridgehead atoms. The van der Waals surface area contributed by atoms with Crippen molar-refractivity contribution in [1.82, 2.24) is 5.32 Å². The van der Waals surface area contributed by atoms with Crippen LogP contribution < -0.4 is 15.0 Å². The second kappa shape index (κ2) is 10.1. The van der Waals surface area contributed by atoms with Gasteiger partial charge in [-0.05, 0) is 85.0 Å². The lowest BCUT2D eigenvalue weighted by Gasteiger charge is -2.26. The molecule has 0 saturated carbocycles. The number of urea groups is 1. The predicted octanol–water partition coefficient (Wildman–Crippen LogP) is 6.27. The molecule has 1 fully saturated rings. The molecule has 4 rings (SSSR count). The van der Waals surface area contributed by atoms with Crippen LogP contribution >= 0.6 is 27.5 Å². The summed E-state index contributed by atoms with van der Waals surface area (Å²) in [6.45, 7) is 6.29. The first-order chi connectivity index (χ1) is 16.6. The van der Waals surface area contributed by atoms with E-state index in [1.54, 1.807) is 36.4 Å². The minimum absolute atomic E-state index is 0.176. The first-order valence-corrected chi connectivity index (χ1v) is 12.0. The zero-order valence-corrected chi connectivity index (χ0v) is 21.7. The van der Waals surface area contributed by atoms with Crippen LogP contribution in [0.25, 0.3) is 6.08 Å². The highest BCUT2D eigenvalue weighted by molar-refractivity contribution is 9.10. The number of rotatable bonds is 5. The van der Waals surface area contributed by atoms with Gasteiger partial charge in [0, 0.05) is 4.47 Å². The number of nitrogens with zero attached hydrogens (tertiary/aromatic N) is 1. The Hall–Kier alpha value is -3.42. The second-order valence-electron chi connectivity index (χ2n) is 8.29. The van der Waals surface area contributed by atoms with Crippen LogP contribution in [0.5, 0.6) is 5.75 Å². The Labute approximate surface area is 216 Å². The third kappa shape index (κ3) is 5.31. The van der Waals surface area contributed by atoms with E-state index in [-0.39, 0.29) is 5.57 Å². The third-order valence-corrected chi connectivity index (χ3v) is 6.92. The van der Waals surface area contributed by atoms with Crippen molar-refractivity contribution in [1.29, 1.82) is 0 Å². The van der Waals surface area contributed by atoms with E-state index < -0.39 is 17.8 Å². The number of anilines is 1. The zero-order chi connectivity index (χ0) is 25.3. The summed E-state index contributed by atoms with van der Waals surface area (Å²) in [6.07, 6.45) is 1.40. The van der Waals surface area contributed by atoms with E-state index in [1.807, 2.05) is 26.0 Å². The number of imide groups is 2. The highest BCUT2D eigenvalue weighted by atomic mass is 79.9. The fourth-order valence-electron chi connectivity index (χ4n) is 3.60. The molecule has 1 aliphatic heterocycles. The van der Waals surface area contributed by atoms with Crippen LogP contribution in [0, 0.1) is 20.8 Å². The molecule has 6 nitrogen and oxygen atoms in total. The summed E-state index contributed by atoms with van der Waals surface area (Å²) in [5, 5.41) is 2.56. The zero-order valence-electron chi connectivity index (χ0n) is 19.3. The summed E-state index contributed by atoms with van der Waals surface area (Å²) < 4.78 is 6.70. The van der Waals surface area contributed by atoms with Crippen molar-refractivity contribution in [3.63, 3.8) is 0 Å². The van der Waals surface area contributed by atoms with Crippen LogP contribution in [0.15, 0.2) is 64.6 Å². The summed E-state index contributed by atoms with van der Waals surface area (Å²) in [4.78, 5) is 39.0. The van der Waals surface area contributed by atoms with E-state index in [1.165, 1.54) is 17.2 Å². The van der Waals surface area contributed by atoms with Gasteiger partial charge in [-0.1, -0.05) is 51.8 Å². The summed E-state index contributed by atoms with van der Waals surface area (Å²) in [5.41, 5.74) is 4.96. The number of amides is 4. The summed E-state index contributed by atoms with van der Waals surface area (Å²) in [7, 11) is 0. The first-order valence-electron chi connectivity index (χ1n) is 10.8. The molecule has 35 heavy (non-hydrogen) atoms. The molecule has 1 aliphatic rings. The van der Waals surface area contributed by atoms with Gasteiger partial charge in [-0.15, -0.1) is 0 Å². The lowest BCUT2D eigenvalue weighted by Crippen LogP contribution is -2.54. The molecule has 8 heteroatoms. The monoisotopic (exact) mass is 552 g/mol. The predicted molar refractivity (Wildman–Crippen MR) is 140 cm³/mol. The SMILES string of the molecule is Cc1ccc(COc2ccc(/C=C3/C(=O)NC(=O)N(c4ccc(Br)c(C)c4)C3=O)cc2Cl)cc1C. The van der Waals surface area contributed by atoms with Gasteiger partial charge in [-0.3, -0.25) is 14.9 Å². The number of carbonyl (C=O) groups is 3. The number of barbiturate groups is 1. The molecule has 0 spiro atoms. The fraction of sp³-hybridized carbons (Fsp3) is 0.148. The molecule has 0 atom stereocenters. The lowest BCUT2D eigenvalue weighted by atomic mass is 10.1. The molecule has 178 valence electrons. The maximum absolute atomic E-state index is 13.1. The number of nitrogens with one attached hydrogen (secondary N) is 1. The van der Waals surface area contributed by atoms with E-state index in [4.69, 9.17) is 16.3 Å². The number of aryl methyl sites for hydroxylation is 3. The topological polar surface area (TPSA) is 75.7 Å².